The van der Waals surface area contributed by atoms with Crippen LogP contribution < -0.4 is 0 Å². The van der Waals surface area contributed by atoms with E-state index in [9.17, 15) is 28.4 Å². The number of carbonyl (C=O) groups excluding carboxylic acids is 1. The number of nitro groups is 1. The van der Waals surface area contributed by atoms with Crippen molar-refractivity contribution in [2.45, 2.75) is 37.4 Å². The zero-order valence-electron chi connectivity index (χ0n) is 15.4. The number of amides is 1. The lowest BCUT2D eigenvalue weighted by Gasteiger charge is -2.26. The van der Waals surface area contributed by atoms with Crippen molar-refractivity contribution in [2.75, 3.05) is 26.2 Å². The van der Waals surface area contributed by atoms with E-state index >= 15 is 0 Å². The van der Waals surface area contributed by atoms with Crippen molar-refractivity contribution in [2.24, 2.45) is 0 Å². The van der Waals surface area contributed by atoms with Crippen LogP contribution in [-0.2, 0) is 14.8 Å². The van der Waals surface area contributed by atoms with E-state index in [1.807, 2.05) is 0 Å². The van der Waals surface area contributed by atoms with Gasteiger partial charge in [0.05, 0.1) is 22.5 Å². The molecule has 2 rings (SSSR count). The van der Waals surface area contributed by atoms with Crippen LogP contribution in [0.1, 0.15) is 20.8 Å². The number of benzene rings is 1. The summed E-state index contributed by atoms with van der Waals surface area (Å²) in [5, 5.41) is 20.9. The normalized spacial score (nSPS) is 19.4. The summed E-state index contributed by atoms with van der Waals surface area (Å²) in [6.45, 7) is 4.91. The van der Waals surface area contributed by atoms with E-state index in [-0.39, 0.29) is 36.8 Å². The Morgan fingerprint density at radius 3 is 2.33 bits per heavy atom. The number of non-ortho nitro benzene ring substituents is 1. The minimum atomic E-state index is -3.97. The standard InChI is InChI=1S/C16H23N3O7S/c1-16(2,3)26-15(21)17-8-9-18(11-13(20)10-17)27(24,25)14-6-4-12(5-7-14)19(22)23/h4-7,13,20H,8-11H2,1-3H3. The number of aliphatic hydroxyl groups excluding tert-OH is 1. The van der Waals surface area contributed by atoms with Crippen LogP contribution in [0.2, 0.25) is 0 Å². The van der Waals surface area contributed by atoms with Gasteiger partial charge in [0, 0.05) is 31.8 Å². The Kier molecular flexibility index (Phi) is 6.07. The zero-order valence-corrected chi connectivity index (χ0v) is 16.2. The molecule has 0 bridgehead atoms. The van der Waals surface area contributed by atoms with Gasteiger partial charge < -0.3 is 14.7 Å². The predicted molar refractivity (Wildman–Crippen MR) is 95.7 cm³/mol. The van der Waals surface area contributed by atoms with Gasteiger partial charge in [0.15, 0.2) is 0 Å². The number of rotatable bonds is 3. The SMILES string of the molecule is CC(C)(C)OC(=O)N1CCN(S(=O)(=O)c2ccc([N+](=O)[O-])cc2)CC(O)C1. The molecule has 11 heteroatoms. The molecular weight excluding hydrogens is 378 g/mol. The van der Waals surface area contributed by atoms with E-state index in [1.54, 1.807) is 20.8 Å². The van der Waals surface area contributed by atoms with Crippen molar-refractivity contribution in [1.29, 1.82) is 0 Å². The van der Waals surface area contributed by atoms with Crippen molar-refractivity contribution in [3.8, 4) is 0 Å². The summed E-state index contributed by atoms with van der Waals surface area (Å²) in [4.78, 5) is 23.4. The second-order valence-corrected chi connectivity index (χ2v) is 9.13. The molecular formula is C16H23N3O7S. The molecule has 0 aromatic heterocycles. The minimum Gasteiger partial charge on any atom is -0.444 e. The van der Waals surface area contributed by atoms with Gasteiger partial charge in [-0.3, -0.25) is 10.1 Å². The van der Waals surface area contributed by atoms with E-state index in [4.69, 9.17) is 4.74 Å². The van der Waals surface area contributed by atoms with Gasteiger partial charge in [0.25, 0.3) is 5.69 Å². The highest BCUT2D eigenvalue weighted by Crippen LogP contribution is 2.21. The van der Waals surface area contributed by atoms with Crippen LogP contribution in [0, 0.1) is 10.1 Å². The van der Waals surface area contributed by atoms with E-state index in [2.05, 4.69) is 0 Å². The third-order valence-electron chi connectivity index (χ3n) is 3.80. The summed E-state index contributed by atoms with van der Waals surface area (Å²) in [7, 11) is -3.97. The quantitative estimate of drug-likeness (QED) is 0.595. The molecule has 1 atom stereocenters. The van der Waals surface area contributed by atoms with Gasteiger partial charge in [-0.25, -0.2) is 13.2 Å². The number of hydrogen-bond acceptors (Lipinski definition) is 7. The van der Waals surface area contributed by atoms with Crippen LogP contribution in [0.5, 0.6) is 0 Å². The van der Waals surface area contributed by atoms with E-state index in [0.29, 0.717) is 0 Å². The topological polar surface area (TPSA) is 130 Å². The van der Waals surface area contributed by atoms with Crippen molar-refractivity contribution < 1.29 is 28.0 Å². The number of sulfonamides is 1. The van der Waals surface area contributed by atoms with Crippen LogP contribution in [0.3, 0.4) is 0 Å². The van der Waals surface area contributed by atoms with Crippen LogP contribution in [0.4, 0.5) is 10.5 Å². The highest BCUT2D eigenvalue weighted by molar-refractivity contribution is 7.89. The molecule has 1 saturated heterocycles. The summed E-state index contributed by atoms with van der Waals surface area (Å²) in [5.74, 6) is 0. The molecule has 1 amide bonds. The molecule has 1 aromatic carbocycles. The lowest BCUT2D eigenvalue weighted by molar-refractivity contribution is -0.384. The van der Waals surface area contributed by atoms with Crippen LogP contribution >= 0.6 is 0 Å². The van der Waals surface area contributed by atoms with E-state index < -0.39 is 32.7 Å². The largest absolute Gasteiger partial charge is 0.444 e. The molecule has 0 radical (unpaired) electrons. The van der Waals surface area contributed by atoms with Gasteiger partial charge in [0.2, 0.25) is 10.0 Å². The Hall–Kier alpha value is -2.24. The van der Waals surface area contributed by atoms with Crippen LogP contribution in [0.25, 0.3) is 0 Å². The Bertz CT molecular complexity index is 802. The molecule has 1 aromatic rings. The van der Waals surface area contributed by atoms with Crippen molar-refractivity contribution in [3.63, 3.8) is 0 Å². The minimum absolute atomic E-state index is 0.0321. The number of carbonyl (C=O) groups is 1. The van der Waals surface area contributed by atoms with Crippen molar-refractivity contribution in [1.82, 2.24) is 9.21 Å². The van der Waals surface area contributed by atoms with Gasteiger partial charge in [-0.05, 0) is 32.9 Å². The van der Waals surface area contributed by atoms with Gasteiger partial charge in [0.1, 0.15) is 5.60 Å². The Balaban J connectivity index is 2.17. The summed E-state index contributed by atoms with van der Waals surface area (Å²) >= 11 is 0. The number of aliphatic hydroxyl groups is 1. The predicted octanol–water partition coefficient (Wildman–Crippen LogP) is 1.20. The molecule has 1 fully saturated rings. The molecule has 1 aliphatic rings. The van der Waals surface area contributed by atoms with Gasteiger partial charge in [-0.1, -0.05) is 0 Å². The first-order valence-electron chi connectivity index (χ1n) is 8.31. The smallest absolute Gasteiger partial charge is 0.410 e. The summed E-state index contributed by atoms with van der Waals surface area (Å²) in [5.41, 5.74) is -0.931. The highest BCUT2D eigenvalue weighted by atomic mass is 32.2. The summed E-state index contributed by atoms with van der Waals surface area (Å²) in [6, 6.07) is 4.51. The molecule has 1 N–H and O–H groups in total. The fourth-order valence-corrected chi connectivity index (χ4v) is 4.03. The molecule has 0 spiro atoms. The fraction of sp³-hybridized carbons (Fsp3) is 0.562. The number of nitro benzene ring substituents is 1. The molecule has 27 heavy (non-hydrogen) atoms. The highest BCUT2D eigenvalue weighted by Gasteiger charge is 2.33. The molecule has 1 aliphatic heterocycles. The number of ether oxygens (including phenoxy) is 1. The van der Waals surface area contributed by atoms with Crippen LogP contribution in [0.15, 0.2) is 29.2 Å². The first kappa shape index (κ1) is 21.1. The molecule has 1 unspecified atom stereocenters. The summed E-state index contributed by atoms with van der Waals surface area (Å²) < 4.78 is 31.9. The average molecular weight is 401 g/mol. The third-order valence-corrected chi connectivity index (χ3v) is 5.68. The Labute approximate surface area is 157 Å². The van der Waals surface area contributed by atoms with Gasteiger partial charge in [-0.15, -0.1) is 0 Å². The maximum Gasteiger partial charge on any atom is 0.410 e. The van der Waals surface area contributed by atoms with E-state index in [0.717, 1.165) is 28.6 Å². The van der Waals surface area contributed by atoms with Gasteiger partial charge >= 0.3 is 6.09 Å². The lowest BCUT2D eigenvalue weighted by Crippen LogP contribution is -2.41. The number of β-amino-alcohol motifs (C(OH)–C–C–N with tert-alkyl or cyclic N) is 1. The zero-order chi connectivity index (χ0) is 20.4. The first-order valence-corrected chi connectivity index (χ1v) is 9.75. The van der Waals surface area contributed by atoms with Crippen molar-refractivity contribution in [3.05, 3.63) is 34.4 Å². The second-order valence-electron chi connectivity index (χ2n) is 7.19. The molecule has 150 valence electrons. The van der Waals surface area contributed by atoms with Gasteiger partial charge in [-0.2, -0.15) is 4.31 Å². The third kappa shape index (κ3) is 5.37. The number of nitrogens with zero attached hydrogens (tertiary/aromatic N) is 3. The fourth-order valence-electron chi connectivity index (χ4n) is 2.56. The average Bonchev–Trinajstić information content (AvgIpc) is 2.75. The number of hydrogen-bond donors (Lipinski definition) is 1. The second kappa shape index (κ2) is 7.79. The lowest BCUT2D eigenvalue weighted by atomic mass is 10.2. The first-order chi connectivity index (χ1) is 12.4. The van der Waals surface area contributed by atoms with Crippen LogP contribution in [-0.4, -0.2) is 71.6 Å². The summed E-state index contributed by atoms with van der Waals surface area (Å²) in [6.07, 6.45) is -1.72. The molecule has 0 saturated carbocycles. The molecule has 10 nitrogen and oxygen atoms in total. The Morgan fingerprint density at radius 2 is 1.81 bits per heavy atom. The monoisotopic (exact) mass is 401 g/mol. The Morgan fingerprint density at radius 1 is 1.22 bits per heavy atom. The molecule has 0 aliphatic carbocycles. The maximum atomic E-state index is 12.8. The maximum absolute atomic E-state index is 12.8. The van der Waals surface area contributed by atoms with Crippen molar-refractivity contribution >= 4 is 21.8 Å². The molecule has 1 heterocycles. The van der Waals surface area contributed by atoms with E-state index in [1.165, 1.54) is 4.90 Å².